The lowest BCUT2D eigenvalue weighted by atomic mass is 9.99. The van der Waals surface area contributed by atoms with Crippen LogP contribution >= 0.6 is 0 Å². The third-order valence-electron chi connectivity index (χ3n) is 7.78. The number of aliphatic imine (C=N–C) groups is 1. The number of benzene rings is 1. The van der Waals surface area contributed by atoms with E-state index < -0.39 is 0 Å². The maximum atomic E-state index is 6.66. The molecule has 0 amide bonds. The molecule has 1 aromatic rings. The third kappa shape index (κ3) is 14.8. The van der Waals surface area contributed by atoms with Crippen molar-refractivity contribution in [2.75, 3.05) is 0 Å². The largest absolute Gasteiger partial charge is 0.397 e. The van der Waals surface area contributed by atoms with E-state index in [2.05, 4.69) is 52.0 Å². The molecule has 0 heterocycles. The number of nitrogens with one attached hydrogen (secondary N) is 1. The molecule has 0 saturated heterocycles. The van der Waals surface area contributed by atoms with E-state index in [1.807, 2.05) is 36.8 Å². The Morgan fingerprint density at radius 1 is 0.791 bits per heavy atom. The maximum Gasteiger partial charge on any atom is 0.108 e. The Balaban J connectivity index is 0.0000176. The standard InChI is InChI=1S/C34H62N8.H3N/c1-7-13-18-30(19-14-8-2)40-24-34(41-37)28-21-26(32(35)23-39-29(15-9-3)16-10-4)20-27(22-28)33(36)25-42(38)31(12-6)17-11-5;/h20-25,29-31,39H,7-19,35-38H2,1-6H3;1H3/b32-23-,33-25-,40-24?,41-34+;. The van der Waals surface area contributed by atoms with Gasteiger partial charge in [-0.05, 0) is 56.7 Å². The molecule has 0 saturated carbocycles. The molecule has 0 radical (unpaired) electrons. The van der Waals surface area contributed by atoms with E-state index in [1.54, 1.807) is 5.01 Å². The van der Waals surface area contributed by atoms with Crippen LogP contribution in [-0.4, -0.2) is 35.1 Å². The van der Waals surface area contributed by atoms with Crippen LogP contribution in [-0.2, 0) is 0 Å². The van der Waals surface area contributed by atoms with Crippen molar-refractivity contribution in [3.05, 3.63) is 47.3 Å². The van der Waals surface area contributed by atoms with Crippen molar-refractivity contribution < 1.29 is 0 Å². The molecular formula is C34H65N9. The van der Waals surface area contributed by atoms with Crippen LogP contribution in [0.2, 0.25) is 0 Å². The zero-order valence-corrected chi connectivity index (χ0v) is 28.2. The van der Waals surface area contributed by atoms with Gasteiger partial charge in [-0.1, -0.05) is 86.5 Å². The van der Waals surface area contributed by atoms with Gasteiger partial charge in [0, 0.05) is 47.4 Å². The highest BCUT2D eigenvalue weighted by Crippen LogP contribution is 2.21. The van der Waals surface area contributed by atoms with Crippen molar-refractivity contribution in [2.45, 2.75) is 143 Å². The molecular weight excluding hydrogens is 534 g/mol. The average Bonchev–Trinajstić information content (AvgIpc) is 2.99. The first-order valence-electron chi connectivity index (χ1n) is 16.5. The van der Waals surface area contributed by atoms with Crippen molar-refractivity contribution >= 4 is 23.3 Å². The summed E-state index contributed by atoms with van der Waals surface area (Å²) < 4.78 is 0. The van der Waals surface area contributed by atoms with Gasteiger partial charge >= 0.3 is 0 Å². The van der Waals surface area contributed by atoms with Gasteiger partial charge in [-0.25, -0.2) is 5.84 Å². The smallest absolute Gasteiger partial charge is 0.108 e. The molecule has 0 aromatic heterocycles. The van der Waals surface area contributed by atoms with Crippen molar-refractivity contribution in [2.24, 2.45) is 33.2 Å². The molecule has 246 valence electrons. The van der Waals surface area contributed by atoms with Gasteiger partial charge in [0.15, 0.2) is 0 Å². The van der Waals surface area contributed by atoms with Gasteiger partial charge in [-0.15, -0.1) is 0 Å². The maximum absolute atomic E-state index is 6.66. The van der Waals surface area contributed by atoms with Gasteiger partial charge in [-0.3, -0.25) is 4.99 Å². The summed E-state index contributed by atoms with van der Waals surface area (Å²) >= 11 is 0. The van der Waals surface area contributed by atoms with Crippen LogP contribution in [0.5, 0.6) is 0 Å². The van der Waals surface area contributed by atoms with E-state index in [4.69, 9.17) is 28.1 Å². The molecule has 9 nitrogen and oxygen atoms in total. The van der Waals surface area contributed by atoms with Crippen molar-refractivity contribution in [3.63, 3.8) is 0 Å². The minimum atomic E-state index is 0. The highest BCUT2D eigenvalue weighted by Gasteiger charge is 2.14. The predicted octanol–water partition coefficient (Wildman–Crippen LogP) is 7.16. The minimum absolute atomic E-state index is 0. The number of nitrogens with zero attached hydrogens (tertiary/aromatic N) is 3. The molecule has 0 spiro atoms. The SMILES string of the molecule is CCCCC(CCCC)N=C/C(=N\N)c1cc(/C(N)=C/NC(CCC)CCC)cc(/C(N)=C/N(N)C(CC)CCC)c1.N. The lowest BCUT2D eigenvalue weighted by Crippen LogP contribution is -2.36. The van der Waals surface area contributed by atoms with Gasteiger partial charge in [-0.2, -0.15) is 5.10 Å². The molecule has 0 aliphatic heterocycles. The first-order chi connectivity index (χ1) is 20.3. The van der Waals surface area contributed by atoms with Crippen LogP contribution in [0, 0.1) is 0 Å². The van der Waals surface area contributed by atoms with Crippen molar-refractivity contribution in [3.8, 4) is 0 Å². The number of hydrazine groups is 1. The third-order valence-corrected chi connectivity index (χ3v) is 7.78. The minimum Gasteiger partial charge on any atom is -0.397 e. The van der Waals surface area contributed by atoms with Gasteiger partial charge in [0.25, 0.3) is 0 Å². The van der Waals surface area contributed by atoms with Gasteiger partial charge in [0.2, 0.25) is 0 Å². The monoisotopic (exact) mass is 600 g/mol. The van der Waals surface area contributed by atoms with Gasteiger partial charge in [0.1, 0.15) is 5.71 Å². The number of hydrogen-bond acceptors (Lipinski definition) is 9. The second-order valence-electron chi connectivity index (χ2n) is 11.5. The molecule has 12 N–H and O–H groups in total. The molecule has 0 fully saturated rings. The highest BCUT2D eigenvalue weighted by atomic mass is 15.4. The molecule has 0 bridgehead atoms. The average molecular weight is 600 g/mol. The van der Waals surface area contributed by atoms with Crippen LogP contribution in [0.15, 0.2) is 40.7 Å². The Labute approximate surface area is 263 Å². The highest BCUT2D eigenvalue weighted by molar-refractivity contribution is 6.38. The summed E-state index contributed by atoms with van der Waals surface area (Å²) in [6.07, 6.45) is 19.7. The van der Waals surface area contributed by atoms with Crippen molar-refractivity contribution in [1.82, 2.24) is 16.5 Å². The van der Waals surface area contributed by atoms with Crippen LogP contribution in [0.25, 0.3) is 11.4 Å². The van der Waals surface area contributed by atoms with Crippen LogP contribution in [0.1, 0.15) is 142 Å². The fourth-order valence-corrected chi connectivity index (χ4v) is 5.18. The lowest BCUT2D eigenvalue weighted by Gasteiger charge is -2.25. The summed E-state index contributed by atoms with van der Waals surface area (Å²) in [7, 11) is 0. The number of hydrazone groups is 1. The first kappa shape index (κ1) is 40.0. The molecule has 43 heavy (non-hydrogen) atoms. The predicted molar refractivity (Wildman–Crippen MR) is 190 cm³/mol. The zero-order valence-electron chi connectivity index (χ0n) is 28.2. The topological polar surface area (TPSA) is 179 Å². The summed E-state index contributed by atoms with van der Waals surface area (Å²) in [5.74, 6) is 12.4. The summed E-state index contributed by atoms with van der Waals surface area (Å²) in [5.41, 5.74) is 17.6. The number of nitrogens with two attached hydrogens (primary N) is 4. The van der Waals surface area contributed by atoms with E-state index in [0.717, 1.165) is 100 Å². The van der Waals surface area contributed by atoms with E-state index in [0.29, 0.717) is 23.1 Å². The van der Waals surface area contributed by atoms with Crippen LogP contribution in [0.3, 0.4) is 0 Å². The number of rotatable bonds is 22. The second kappa shape index (κ2) is 23.4. The van der Waals surface area contributed by atoms with E-state index in [1.165, 1.54) is 0 Å². The summed E-state index contributed by atoms with van der Waals surface area (Å²) in [5, 5.41) is 9.41. The normalized spacial score (nSPS) is 13.6. The Kier molecular flexibility index (Phi) is 21.8. The Morgan fingerprint density at radius 2 is 1.33 bits per heavy atom. The van der Waals surface area contributed by atoms with E-state index >= 15 is 0 Å². The molecule has 1 unspecified atom stereocenters. The fourth-order valence-electron chi connectivity index (χ4n) is 5.18. The molecule has 0 aliphatic rings. The quantitative estimate of drug-likeness (QED) is 0.0464. The first-order valence-corrected chi connectivity index (χ1v) is 16.5. The number of hydrogen-bond donors (Lipinski definition) is 6. The van der Waals surface area contributed by atoms with E-state index in [9.17, 15) is 0 Å². The van der Waals surface area contributed by atoms with Crippen molar-refractivity contribution in [1.29, 1.82) is 0 Å². The van der Waals surface area contributed by atoms with Crippen LogP contribution in [0.4, 0.5) is 0 Å². The molecule has 1 aromatic carbocycles. The second-order valence-corrected chi connectivity index (χ2v) is 11.5. The Morgan fingerprint density at radius 3 is 1.81 bits per heavy atom. The molecule has 9 heteroatoms. The fraction of sp³-hybridized carbons (Fsp3) is 0.647. The Bertz CT molecular complexity index is 986. The molecule has 0 aliphatic carbocycles. The lowest BCUT2D eigenvalue weighted by molar-refractivity contribution is 0.261. The van der Waals surface area contributed by atoms with Gasteiger partial charge in [0.05, 0.1) is 17.4 Å². The molecule has 1 rings (SSSR count). The summed E-state index contributed by atoms with van der Waals surface area (Å²) in [6, 6.07) is 6.87. The zero-order chi connectivity index (χ0) is 31.3. The summed E-state index contributed by atoms with van der Waals surface area (Å²) in [4.78, 5) is 4.93. The summed E-state index contributed by atoms with van der Waals surface area (Å²) in [6.45, 7) is 13.1. The van der Waals surface area contributed by atoms with Gasteiger partial charge < -0.3 is 33.8 Å². The van der Waals surface area contributed by atoms with Crippen LogP contribution < -0.4 is 34.6 Å². The number of unbranched alkanes of at least 4 members (excludes halogenated alkanes) is 2. The van der Waals surface area contributed by atoms with E-state index in [-0.39, 0.29) is 18.2 Å². The molecule has 1 atom stereocenters. The Hall–Kier alpha value is -3.04.